The molecule has 1 heterocycles. The van der Waals surface area contributed by atoms with Crippen LogP contribution in [0.3, 0.4) is 0 Å². The molecule has 19 heavy (non-hydrogen) atoms. The lowest BCUT2D eigenvalue weighted by molar-refractivity contribution is -0.120. The molecule has 2 N–H and O–H groups in total. The van der Waals surface area contributed by atoms with Crippen molar-refractivity contribution in [2.45, 2.75) is 13.0 Å². The maximum absolute atomic E-state index is 11.8. The summed E-state index contributed by atoms with van der Waals surface area (Å²) in [7, 11) is 0. The number of rotatable bonds is 5. The number of hydrogen-bond acceptors (Lipinski definition) is 3. The van der Waals surface area contributed by atoms with Crippen LogP contribution in [0.25, 0.3) is 0 Å². The van der Waals surface area contributed by atoms with E-state index in [1.54, 1.807) is 11.3 Å². The Morgan fingerprint density at radius 3 is 2.68 bits per heavy atom. The quantitative estimate of drug-likeness (QED) is 0.870. The highest BCUT2D eigenvalue weighted by Gasteiger charge is 2.09. The molecule has 1 amide bonds. The third kappa shape index (κ3) is 4.36. The number of thiophene rings is 1. The van der Waals surface area contributed by atoms with Gasteiger partial charge in [-0.1, -0.05) is 22.0 Å². The van der Waals surface area contributed by atoms with Gasteiger partial charge in [0.05, 0.1) is 12.6 Å². The molecule has 1 atom stereocenters. The zero-order chi connectivity index (χ0) is 13.7. The highest BCUT2D eigenvalue weighted by Crippen LogP contribution is 2.18. The number of hydrogen-bond donors (Lipinski definition) is 2. The summed E-state index contributed by atoms with van der Waals surface area (Å²) in [4.78, 5) is 13.0. The molecular formula is C14H15BrN2OS. The number of halogens is 1. The molecule has 0 spiro atoms. The highest BCUT2D eigenvalue weighted by atomic mass is 79.9. The van der Waals surface area contributed by atoms with E-state index in [0.717, 1.165) is 15.0 Å². The monoisotopic (exact) mass is 338 g/mol. The van der Waals surface area contributed by atoms with Gasteiger partial charge < -0.3 is 10.6 Å². The van der Waals surface area contributed by atoms with Gasteiger partial charge in [-0.3, -0.25) is 4.79 Å². The molecule has 2 aromatic rings. The van der Waals surface area contributed by atoms with Gasteiger partial charge >= 0.3 is 0 Å². The lowest BCUT2D eigenvalue weighted by atomic mass is 10.2. The van der Waals surface area contributed by atoms with Gasteiger partial charge in [-0.2, -0.15) is 0 Å². The van der Waals surface area contributed by atoms with Crippen molar-refractivity contribution in [2.75, 3.05) is 11.9 Å². The van der Waals surface area contributed by atoms with E-state index in [-0.39, 0.29) is 18.5 Å². The predicted octanol–water partition coefficient (Wildman–Crippen LogP) is 3.80. The van der Waals surface area contributed by atoms with Crippen LogP contribution in [0.4, 0.5) is 5.69 Å². The second-order valence-corrected chi connectivity index (χ2v) is 6.06. The average molecular weight is 339 g/mol. The Morgan fingerprint density at radius 1 is 1.32 bits per heavy atom. The fourth-order valence-electron chi connectivity index (χ4n) is 1.65. The number of carbonyl (C=O) groups excluding carboxylic acids is 1. The van der Waals surface area contributed by atoms with Crippen molar-refractivity contribution in [2.24, 2.45) is 0 Å². The number of anilines is 1. The summed E-state index contributed by atoms with van der Waals surface area (Å²) >= 11 is 5.02. The number of carbonyl (C=O) groups is 1. The minimum atomic E-state index is -0.0104. The van der Waals surface area contributed by atoms with Gasteiger partial charge in [0.25, 0.3) is 0 Å². The highest BCUT2D eigenvalue weighted by molar-refractivity contribution is 9.10. The number of benzene rings is 1. The summed E-state index contributed by atoms with van der Waals surface area (Å²) in [6.07, 6.45) is 0. The fourth-order valence-corrected chi connectivity index (χ4v) is 2.65. The first-order chi connectivity index (χ1) is 9.15. The Labute approximate surface area is 125 Å². The Hall–Kier alpha value is -1.33. The summed E-state index contributed by atoms with van der Waals surface area (Å²) in [5.41, 5.74) is 0.933. The Kier molecular flexibility index (Phi) is 4.99. The zero-order valence-corrected chi connectivity index (χ0v) is 12.9. The third-order valence-corrected chi connectivity index (χ3v) is 4.23. The molecule has 0 fully saturated rings. The SMILES string of the molecule is C[C@@H](NC(=O)CNc1ccc(Br)cc1)c1cccs1. The Morgan fingerprint density at radius 2 is 2.05 bits per heavy atom. The van der Waals surface area contributed by atoms with Crippen molar-refractivity contribution in [3.8, 4) is 0 Å². The van der Waals surface area contributed by atoms with E-state index in [9.17, 15) is 4.79 Å². The van der Waals surface area contributed by atoms with Gasteiger partial charge in [-0.15, -0.1) is 11.3 Å². The van der Waals surface area contributed by atoms with Crippen LogP contribution in [0.2, 0.25) is 0 Å². The van der Waals surface area contributed by atoms with Crippen LogP contribution in [0.1, 0.15) is 17.8 Å². The van der Waals surface area contributed by atoms with E-state index in [0.29, 0.717) is 0 Å². The van der Waals surface area contributed by atoms with E-state index in [1.807, 2.05) is 48.7 Å². The molecule has 1 aromatic heterocycles. The number of nitrogens with one attached hydrogen (secondary N) is 2. The van der Waals surface area contributed by atoms with Gasteiger partial charge in [0.2, 0.25) is 5.91 Å². The molecule has 0 aliphatic heterocycles. The summed E-state index contributed by atoms with van der Waals surface area (Å²) < 4.78 is 1.02. The third-order valence-electron chi connectivity index (χ3n) is 2.64. The van der Waals surface area contributed by atoms with Crippen molar-refractivity contribution in [1.29, 1.82) is 0 Å². The van der Waals surface area contributed by atoms with Crippen molar-refractivity contribution in [3.05, 3.63) is 51.1 Å². The normalized spacial score (nSPS) is 11.9. The molecule has 5 heteroatoms. The minimum Gasteiger partial charge on any atom is -0.376 e. The van der Waals surface area contributed by atoms with Crippen LogP contribution < -0.4 is 10.6 Å². The molecule has 0 radical (unpaired) electrons. The second-order valence-electron chi connectivity index (χ2n) is 4.17. The zero-order valence-electron chi connectivity index (χ0n) is 10.5. The summed E-state index contributed by atoms with van der Waals surface area (Å²) in [5.74, 6) is -0.0104. The van der Waals surface area contributed by atoms with Gasteiger partial charge in [0.15, 0.2) is 0 Å². The largest absolute Gasteiger partial charge is 0.376 e. The van der Waals surface area contributed by atoms with E-state index in [4.69, 9.17) is 0 Å². The molecule has 1 aromatic carbocycles. The summed E-state index contributed by atoms with van der Waals surface area (Å²) in [6, 6.07) is 11.8. The van der Waals surface area contributed by atoms with Gasteiger partial charge in [-0.25, -0.2) is 0 Å². The average Bonchev–Trinajstić information content (AvgIpc) is 2.92. The smallest absolute Gasteiger partial charge is 0.239 e. The molecule has 100 valence electrons. The standard InChI is InChI=1S/C14H15BrN2OS/c1-10(13-3-2-8-19-13)17-14(18)9-16-12-6-4-11(15)5-7-12/h2-8,10,16H,9H2,1H3,(H,17,18)/t10-/m1/s1. The summed E-state index contributed by atoms with van der Waals surface area (Å²) in [5, 5.41) is 8.07. The Bertz CT molecular complexity index is 525. The topological polar surface area (TPSA) is 41.1 Å². The Balaban J connectivity index is 1.80. The van der Waals surface area contributed by atoms with E-state index in [1.165, 1.54) is 0 Å². The molecule has 0 bridgehead atoms. The predicted molar refractivity (Wildman–Crippen MR) is 83.5 cm³/mol. The van der Waals surface area contributed by atoms with Gasteiger partial charge in [0, 0.05) is 15.0 Å². The number of amides is 1. The molecule has 0 aliphatic carbocycles. The van der Waals surface area contributed by atoms with E-state index < -0.39 is 0 Å². The second kappa shape index (κ2) is 6.73. The van der Waals surface area contributed by atoms with Crippen molar-refractivity contribution in [3.63, 3.8) is 0 Å². The van der Waals surface area contributed by atoms with Crippen molar-refractivity contribution in [1.82, 2.24) is 5.32 Å². The van der Waals surface area contributed by atoms with Crippen LogP contribution >= 0.6 is 27.3 Å². The molecule has 0 aliphatic rings. The minimum absolute atomic E-state index is 0.0104. The van der Waals surface area contributed by atoms with Crippen molar-refractivity contribution >= 4 is 38.9 Å². The lowest BCUT2D eigenvalue weighted by Gasteiger charge is -2.13. The van der Waals surface area contributed by atoms with Crippen molar-refractivity contribution < 1.29 is 4.79 Å². The molecule has 3 nitrogen and oxygen atoms in total. The first-order valence-electron chi connectivity index (χ1n) is 5.97. The van der Waals surface area contributed by atoms with Gasteiger partial charge in [-0.05, 0) is 42.6 Å². The maximum atomic E-state index is 11.8. The molecular weight excluding hydrogens is 324 g/mol. The van der Waals surface area contributed by atoms with E-state index in [2.05, 4.69) is 26.6 Å². The molecule has 0 unspecified atom stereocenters. The first kappa shape index (κ1) is 14.1. The molecule has 0 saturated carbocycles. The molecule has 2 rings (SSSR count). The first-order valence-corrected chi connectivity index (χ1v) is 7.64. The van der Waals surface area contributed by atoms with Crippen LogP contribution in [0.5, 0.6) is 0 Å². The van der Waals surface area contributed by atoms with Crippen LogP contribution in [-0.4, -0.2) is 12.5 Å². The van der Waals surface area contributed by atoms with Crippen LogP contribution in [-0.2, 0) is 4.79 Å². The maximum Gasteiger partial charge on any atom is 0.239 e. The molecule has 0 saturated heterocycles. The van der Waals surface area contributed by atoms with Crippen LogP contribution in [0, 0.1) is 0 Å². The lowest BCUT2D eigenvalue weighted by Crippen LogP contribution is -2.31. The van der Waals surface area contributed by atoms with E-state index >= 15 is 0 Å². The fraction of sp³-hybridized carbons (Fsp3) is 0.214. The van der Waals surface area contributed by atoms with Gasteiger partial charge in [0.1, 0.15) is 0 Å². The van der Waals surface area contributed by atoms with Crippen LogP contribution in [0.15, 0.2) is 46.3 Å². The summed E-state index contributed by atoms with van der Waals surface area (Å²) in [6.45, 7) is 2.26.